The van der Waals surface area contributed by atoms with Gasteiger partial charge in [-0.1, -0.05) is 41.7 Å². The van der Waals surface area contributed by atoms with Crippen LogP contribution in [0.25, 0.3) is 0 Å². The largest absolute Gasteiger partial charge is 0.342 e. The summed E-state index contributed by atoms with van der Waals surface area (Å²) in [5, 5.41) is 13.7. The second-order valence-electron chi connectivity index (χ2n) is 5.15. The summed E-state index contributed by atoms with van der Waals surface area (Å²) in [6.45, 7) is 0. The van der Waals surface area contributed by atoms with Crippen molar-refractivity contribution in [3.05, 3.63) is 63.0 Å². The Labute approximate surface area is 125 Å². The first-order valence-corrected chi connectivity index (χ1v) is 7.55. The van der Waals surface area contributed by atoms with Crippen LogP contribution in [0.3, 0.4) is 0 Å². The standard InChI is InChI=1S/C15H14N2O3S/c18-14(12-7-8-13(21-12)17(19)20)16-15(9-4-10-15)11-5-2-1-3-6-11/h1-3,5-8H,4,9-10H2,(H,16,18). The van der Waals surface area contributed by atoms with Crippen molar-refractivity contribution in [2.24, 2.45) is 0 Å². The smallest absolute Gasteiger partial charge is 0.324 e. The van der Waals surface area contributed by atoms with Gasteiger partial charge in [-0.15, -0.1) is 0 Å². The number of hydrogen-bond acceptors (Lipinski definition) is 4. The average Bonchev–Trinajstić information content (AvgIpc) is 2.93. The Bertz CT molecular complexity index is 677. The fraction of sp³-hybridized carbons (Fsp3) is 0.267. The molecule has 1 aromatic heterocycles. The molecule has 1 aromatic carbocycles. The molecule has 21 heavy (non-hydrogen) atoms. The number of nitrogens with zero attached hydrogens (tertiary/aromatic N) is 1. The van der Waals surface area contributed by atoms with Crippen LogP contribution in [-0.4, -0.2) is 10.8 Å². The molecule has 6 heteroatoms. The third kappa shape index (κ3) is 2.54. The number of rotatable bonds is 4. The van der Waals surface area contributed by atoms with Gasteiger partial charge in [0.25, 0.3) is 5.91 Å². The molecule has 0 atom stereocenters. The lowest BCUT2D eigenvalue weighted by atomic mass is 9.72. The minimum Gasteiger partial charge on any atom is -0.342 e. The molecule has 5 nitrogen and oxygen atoms in total. The van der Waals surface area contributed by atoms with E-state index < -0.39 is 4.92 Å². The van der Waals surface area contributed by atoms with Crippen molar-refractivity contribution in [3.8, 4) is 0 Å². The van der Waals surface area contributed by atoms with Crippen molar-refractivity contribution < 1.29 is 9.72 Å². The summed E-state index contributed by atoms with van der Waals surface area (Å²) in [5.41, 5.74) is 0.771. The van der Waals surface area contributed by atoms with Crippen molar-refractivity contribution in [1.29, 1.82) is 0 Å². The zero-order chi connectivity index (χ0) is 14.9. The Morgan fingerprint density at radius 3 is 2.43 bits per heavy atom. The molecule has 108 valence electrons. The van der Waals surface area contributed by atoms with Gasteiger partial charge in [0.2, 0.25) is 0 Å². The molecule has 1 heterocycles. The second kappa shape index (κ2) is 5.29. The number of benzene rings is 1. The van der Waals surface area contributed by atoms with Gasteiger partial charge in [-0.25, -0.2) is 0 Å². The van der Waals surface area contributed by atoms with E-state index in [1.54, 1.807) is 0 Å². The molecule has 1 aliphatic rings. The molecule has 0 bridgehead atoms. The van der Waals surface area contributed by atoms with Crippen LogP contribution in [0.15, 0.2) is 42.5 Å². The number of carbonyl (C=O) groups excluding carboxylic acids is 1. The van der Waals surface area contributed by atoms with Gasteiger partial charge in [0, 0.05) is 6.07 Å². The molecule has 1 saturated carbocycles. The zero-order valence-corrected chi connectivity index (χ0v) is 12.1. The number of amides is 1. The predicted molar refractivity (Wildman–Crippen MR) is 80.4 cm³/mol. The molecule has 3 rings (SSSR count). The molecular formula is C15H14N2O3S. The minimum absolute atomic E-state index is 0.0116. The molecule has 0 aliphatic heterocycles. The highest BCUT2D eigenvalue weighted by Gasteiger charge is 2.40. The first kappa shape index (κ1) is 13.8. The van der Waals surface area contributed by atoms with Gasteiger partial charge < -0.3 is 5.32 Å². The number of carbonyl (C=O) groups is 1. The van der Waals surface area contributed by atoms with E-state index in [4.69, 9.17) is 0 Å². The highest BCUT2D eigenvalue weighted by Crippen LogP contribution is 2.41. The van der Waals surface area contributed by atoms with E-state index >= 15 is 0 Å². The summed E-state index contributed by atoms with van der Waals surface area (Å²) in [6, 6.07) is 12.8. The molecule has 1 fully saturated rings. The van der Waals surface area contributed by atoms with E-state index in [2.05, 4.69) is 5.32 Å². The van der Waals surface area contributed by atoms with E-state index in [-0.39, 0.29) is 16.4 Å². The van der Waals surface area contributed by atoms with Gasteiger partial charge >= 0.3 is 5.00 Å². The summed E-state index contributed by atoms with van der Waals surface area (Å²) in [6.07, 6.45) is 2.87. The maximum atomic E-state index is 12.3. The lowest BCUT2D eigenvalue weighted by Crippen LogP contribution is -2.50. The van der Waals surface area contributed by atoms with Gasteiger partial charge in [0.15, 0.2) is 0 Å². The van der Waals surface area contributed by atoms with Crippen molar-refractivity contribution in [1.82, 2.24) is 5.32 Å². The highest BCUT2D eigenvalue weighted by molar-refractivity contribution is 7.17. The van der Waals surface area contributed by atoms with Crippen LogP contribution in [-0.2, 0) is 5.54 Å². The van der Waals surface area contributed by atoms with Crippen LogP contribution in [0.2, 0.25) is 0 Å². The number of hydrogen-bond donors (Lipinski definition) is 1. The summed E-state index contributed by atoms with van der Waals surface area (Å²) < 4.78 is 0. The Kier molecular flexibility index (Phi) is 3.47. The lowest BCUT2D eigenvalue weighted by molar-refractivity contribution is -0.380. The Morgan fingerprint density at radius 1 is 1.19 bits per heavy atom. The van der Waals surface area contributed by atoms with Crippen LogP contribution >= 0.6 is 11.3 Å². The lowest BCUT2D eigenvalue weighted by Gasteiger charge is -2.43. The second-order valence-corrected chi connectivity index (χ2v) is 6.21. The van der Waals surface area contributed by atoms with Gasteiger partial charge in [0.05, 0.1) is 15.3 Å². The normalized spacial score (nSPS) is 16.0. The molecular weight excluding hydrogens is 288 g/mol. The quantitative estimate of drug-likeness (QED) is 0.694. The molecule has 0 spiro atoms. The Hall–Kier alpha value is -2.21. The van der Waals surface area contributed by atoms with Crippen molar-refractivity contribution >= 4 is 22.2 Å². The van der Waals surface area contributed by atoms with Crippen LogP contribution < -0.4 is 5.32 Å². The Morgan fingerprint density at radius 2 is 1.90 bits per heavy atom. The van der Waals surface area contributed by atoms with Gasteiger partial charge in [0.1, 0.15) is 0 Å². The predicted octanol–water partition coefficient (Wildman–Crippen LogP) is 3.47. The summed E-state index contributed by atoms with van der Waals surface area (Å²) in [4.78, 5) is 22.9. The molecule has 1 N–H and O–H groups in total. The van der Waals surface area contributed by atoms with E-state index in [1.165, 1.54) is 12.1 Å². The molecule has 0 saturated heterocycles. The highest BCUT2D eigenvalue weighted by atomic mass is 32.1. The van der Waals surface area contributed by atoms with Crippen LogP contribution in [0.5, 0.6) is 0 Å². The number of nitro groups is 1. The van der Waals surface area contributed by atoms with Crippen LogP contribution in [0, 0.1) is 10.1 Å². The summed E-state index contributed by atoms with van der Waals surface area (Å²) in [7, 11) is 0. The first-order valence-electron chi connectivity index (χ1n) is 6.73. The van der Waals surface area contributed by atoms with Crippen LogP contribution in [0.4, 0.5) is 5.00 Å². The molecule has 0 unspecified atom stereocenters. The maximum absolute atomic E-state index is 12.3. The molecule has 1 aliphatic carbocycles. The molecule has 0 radical (unpaired) electrons. The molecule has 1 amide bonds. The number of nitrogens with one attached hydrogen (secondary N) is 1. The average molecular weight is 302 g/mol. The van der Waals surface area contributed by atoms with Crippen molar-refractivity contribution in [2.75, 3.05) is 0 Å². The monoisotopic (exact) mass is 302 g/mol. The van der Waals surface area contributed by atoms with E-state index in [1.807, 2.05) is 30.3 Å². The Balaban J connectivity index is 1.81. The summed E-state index contributed by atoms with van der Waals surface area (Å²) >= 11 is 0.908. The minimum atomic E-state index is -0.474. The summed E-state index contributed by atoms with van der Waals surface area (Å²) in [5.74, 6) is -0.239. The SMILES string of the molecule is O=C(NC1(c2ccccc2)CCC1)c1ccc([N+](=O)[O-])s1. The fourth-order valence-corrected chi connectivity index (χ4v) is 3.32. The topological polar surface area (TPSA) is 72.2 Å². The van der Waals surface area contributed by atoms with Gasteiger partial charge in [-0.2, -0.15) is 0 Å². The third-order valence-electron chi connectivity index (χ3n) is 3.88. The fourth-order valence-electron chi connectivity index (χ4n) is 2.60. The van der Waals surface area contributed by atoms with Crippen LogP contribution in [0.1, 0.15) is 34.5 Å². The van der Waals surface area contributed by atoms with Crippen molar-refractivity contribution in [3.63, 3.8) is 0 Å². The van der Waals surface area contributed by atoms with Gasteiger partial charge in [-0.3, -0.25) is 14.9 Å². The van der Waals surface area contributed by atoms with E-state index in [0.717, 1.165) is 36.2 Å². The number of thiophene rings is 1. The van der Waals surface area contributed by atoms with Crippen molar-refractivity contribution in [2.45, 2.75) is 24.8 Å². The third-order valence-corrected chi connectivity index (χ3v) is 4.92. The van der Waals surface area contributed by atoms with E-state index in [9.17, 15) is 14.9 Å². The molecule has 2 aromatic rings. The maximum Gasteiger partial charge on any atom is 0.324 e. The van der Waals surface area contributed by atoms with E-state index in [0.29, 0.717) is 4.88 Å². The van der Waals surface area contributed by atoms with Gasteiger partial charge in [-0.05, 0) is 30.9 Å². The zero-order valence-electron chi connectivity index (χ0n) is 11.2. The first-order chi connectivity index (χ1) is 10.1.